The highest BCUT2D eigenvalue weighted by Crippen LogP contribution is 2.49. The molecule has 0 N–H and O–H groups in total. The molecule has 1 saturated heterocycles. The van der Waals surface area contributed by atoms with E-state index in [4.69, 9.17) is 34.8 Å². The Labute approximate surface area is 158 Å². The second-order valence-corrected chi connectivity index (χ2v) is 7.42. The first-order valence-corrected chi connectivity index (χ1v) is 8.67. The maximum absolute atomic E-state index is 14.0. The molecule has 0 bridgehead atoms. The largest absolute Gasteiger partial charge is 0.400 e. The second-order valence-electron chi connectivity index (χ2n) is 6.19. The summed E-state index contributed by atoms with van der Waals surface area (Å²) < 4.78 is 42.1. The van der Waals surface area contributed by atoms with Crippen molar-refractivity contribution >= 4 is 40.6 Å². The number of hydrogen-bond donors (Lipinski definition) is 0. The van der Waals surface area contributed by atoms with Crippen LogP contribution in [0.3, 0.4) is 0 Å². The summed E-state index contributed by atoms with van der Waals surface area (Å²) in [4.78, 5) is 5.79. The Morgan fingerprint density at radius 1 is 1.08 bits per heavy atom. The standard InChI is InChI=1S/C17H14Cl3F3N2/c1-10-2-3-14(24-15(10)20)25-5-4-16(9-25,17(21,22)23)11-6-12(18)8-13(19)7-11/h2-3,6-8H,4-5,9H2,1H3. The number of aryl methyl sites for hydroxylation is 1. The summed E-state index contributed by atoms with van der Waals surface area (Å²) in [5.74, 6) is 0.426. The van der Waals surface area contributed by atoms with Crippen LogP contribution in [0.5, 0.6) is 0 Å². The van der Waals surface area contributed by atoms with Crippen LogP contribution in [-0.4, -0.2) is 24.2 Å². The van der Waals surface area contributed by atoms with E-state index in [-0.39, 0.29) is 40.3 Å². The van der Waals surface area contributed by atoms with Gasteiger partial charge in [-0.1, -0.05) is 40.9 Å². The zero-order valence-corrected chi connectivity index (χ0v) is 15.4. The quantitative estimate of drug-likeness (QED) is 0.560. The van der Waals surface area contributed by atoms with Gasteiger partial charge in [0.2, 0.25) is 0 Å². The molecule has 2 nitrogen and oxygen atoms in total. The van der Waals surface area contributed by atoms with Crippen molar-refractivity contribution in [3.05, 3.63) is 56.7 Å². The fourth-order valence-corrected chi connectivity index (χ4v) is 3.81. The van der Waals surface area contributed by atoms with Crippen molar-refractivity contribution in [2.45, 2.75) is 24.9 Å². The van der Waals surface area contributed by atoms with E-state index in [0.717, 1.165) is 5.56 Å². The van der Waals surface area contributed by atoms with Gasteiger partial charge in [-0.05, 0) is 48.7 Å². The Morgan fingerprint density at radius 2 is 1.72 bits per heavy atom. The SMILES string of the molecule is Cc1ccc(N2CCC(c3cc(Cl)cc(Cl)c3)(C(F)(F)F)C2)nc1Cl. The van der Waals surface area contributed by atoms with Crippen LogP contribution in [-0.2, 0) is 5.41 Å². The van der Waals surface area contributed by atoms with Crippen molar-refractivity contribution in [1.82, 2.24) is 4.98 Å². The van der Waals surface area contributed by atoms with Crippen molar-refractivity contribution in [2.24, 2.45) is 0 Å². The van der Waals surface area contributed by atoms with Crippen LogP contribution in [0.2, 0.25) is 15.2 Å². The molecule has 1 aromatic heterocycles. The highest BCUT2D eigenvalue weighted by Gasteiger charge is 2.59. The summed E-state index contributed by atoms with van der Waals surface area (Å²) in [6, 6.07) is 7.51. The monoisotopic (exact) mass is 408 g/mol. The van der Waals surface area contributed by atoms with Gasteiger partial charge in [0.1, 0.15) is 16.4 Å². The summed E-state index contributed by atoms with van der Waals surface area (Å²) in [5, 5.41) is 0.648. The molecule has 0 radical (unpaired) electrons. The number of alkyl halides is 3. The number of benzene rings is 1. The van der Waals surface area contributed by atoms with Crippen molar-refractivity contribution in [2.75, 3.05) is 18.0 Å². The van der Waals surface area contributed by atoms with E-state index in [1.165, 1.54) is 18.2 Å². The molecule has 2 aromatic rings. The van der Waals surface area contributed by atoms with E-state index >= 15 is 0 Å². The van der Waals surface area contributed by atoms with E-state index in [2.05, 4.69) is 4.98 Å². The van der Waals surface area contributed by atoms with E-state index in [0.29, 0.717) is 5.82 Å². The third-order valence-electron chi connectivity index (χ3n) is 4.57. The van der Waals surface area contributed by atoms with Gasteiger partial charge in [-0.25, -0.2) is 4.98 Å². The number of hydrogen-bond acceptors (Lipinski definition) is 2. The van der Waals surface area contributed by atoms with Gasteiger partial charge in [-0.3, -0.25) is 0 Å². The Hall–Kier alpha value is -1.17. The van der Waals surface area contributed by atoms with Crippen LogP contribution in [0, 0.1) is 6.92 Å². The summed E-state index contributed by atoms with van der Waals surface area (Å²) in [7, 11) is 0. The van der Waals surface area contributed by atoms with Crippen LogP contribution in [0.1, 0.15) is 17.5 Å². The Kier molecular flexibility index (Phi) is 4.86. The van der Waals surface area contributed by atoms with Gasteiger partial charge in [-0.2, -0.15) is 13.2 Å². The Bertz CT molecular complexity index is 790. The van der Waals surface area contributed by atoms with Crippen molar-refractivity contribution < 1.29 is 13.2 Å². The van der Waals surface area contributed by atoms with Crippen LogP contribution >= 0.6 is 34.8 Å². The highest BCUT2D eigenvalue weighted by molar-refractivity contribution is 6.34. The lowest BCUT2D eigenvalue weighted by Gasteiger charge is -2.32. The highest BCUT2D eigenvalue weighted by atomic mass is 35.5. The van der Waals surface area contributed by atoms with Gasteiger partial charge in [0.05, 0.1) is 0 Å². The predicted octanol–water partition coefficient (Wildman–Crippen LogP) is 6.06. The Morgan fingerprint density at radius 3 is 2.28 bits per heavy atom. The predicted molar refractivity (Wildman–Crippen MR) is 95.0 cm³/mol. The molecular formula is C17H14Cl3F3N2. The lowest BCUT2D eigenvalue weighted by Crippen LogP contribution is -2.45. The van der Waals surface area contributed by atoms with Gasteiger partial charge >= 0.3 is 6.18 Å². The molecule has 0 saturated carbocycles. The van der Waals surface area contributed by atoms with E-state index < -0.39 is 11.6 Å². The number of pyridine rings is 1. The Balaban J connectivity index is 2.03. The molecule has 1 aromatic carbocycles. The van der Waals surface area contributed by atoms with Crippen LogP contribution in [0.4, 0.5) is 19.0 Å². The van der Waals surface area contributed by atoms with Crippen LogP contribution in [0.25, 0.3) is 0 Å². The molecule has 1 fully saturated rings. The number of rotatable bonds is 2. The molecule has 1 unspecified atom stereocenters. The molecule has 3 rings (SSSR count). The molecule has 1 atom stereocenters. The lowest BCUT2D eigenvalue weighted by molar-refractivity contribution is -0.184. The topological polar surface area (TPSA) is 16.1 Å². The molecule has 8 heteroatoms. The average molecular weight is 410 g/mol. The first-order chi connectivity index (χ1) is 11.6. The first kappa shape index (κ1) is 18.6. The third kappa shape index (κ3) is 3.42. The summed E-state index contributed by atoms with van der Waals surface area (Å²) in [6.07, 6.45) is -4.56. The fraction of sp³-hybridized carbons (Fsp3) is 0.353. The molecule has 1 aliphatic rings. The summed E-state index contributed by atoms with van der Waals surface area (Å²) >= 11 is 17.9. The van der Waals surface area contributed by atoms with E-state index in [1.807, 2.05) is 0 Å². The van der Waals surface area contributed by atoms with Crippen molar-refractivity contribution in [3.63, 3.8) is 0 Å². The van der Waals surface area contributed by atoms with Gasteiger partial charge in [0.25, 0.3) is 0 Å². The summed E-state index contributed by atoms with van der Waals surface area (Å²) in [6.45, 7) is 1.73. The number of halogens is 6. The van der Waals surface area contributed by atoms with Gasteiger partial charge in [0.15, 0.2) is 0 Å². The van der Waals surface area contributed by atoms with Crippen molar-refractivity contribution in [3.8, 4) is 0 Å². The molecule has 2 heterocycles. The minimum Gasteiger partial charge on any atom is -0.355 e. The second kappa shape index (κ2) is 6.53. The van der Waals surface area contributed by atoms with Gasteiger partial charge in [-0.15, -0.1) is 0 Å². The maximum atomic E-state index is 14.0. The molecule has 0 spiro atoms. The lowest BCUT2D eigenvalue weighted by atomic mass is 9.79. The van der Waals surface area contributed by atoms with Crippen LogP contribution < -0.4 is 4.90 Å². The fourth-order valence-electron chi connectivity index (χ4n) is 3.14. The maximum Gasteiger partial charge on any atom is 0.400 e. The van der Waals surface area contributed by atoms with E-state index in [9.17, 15) is 13.2 Å². The van der Waals surface area contributed by atoms with E-state index in [1.54, 1.807) is 24.0 Å². The molecule has 25 heavy (non-hydrogen) atoms. The minimum absolute atomic E-state index is 0.0678. The van der Waals surface area contributed by atoms with Crippen LogP contribution in [0.15, 0.2) is 30.3 Å². The first-order valence-electron chi connectivity index (χ1n) is 7.54. The summed E-state index contributed by atoms with van der Waals surface area (Å²) in [5.41, 5.74) is -1.22. The molecule has 0 aliphatic carbocycles. The molecule has 0 amide bonds. The number of anilines is 1. The zero-order chi connectivity index (χ0) is 18.4. The smallest absolute Gasteiger partial charge is 0.355 e. The molecule has 1 aliphatic heterocycles. The zero-order valence-electron chi connectivity index (χ0n) is 13.2. The third-order valence-corrected chi connectivity index (χ3v) is 5.39. The van der Waals surface area contributed by atoms with Gasteiger partial charge < -0.3 is 4.90 Å². The van der Waals surface area contributed by atoms with Gasteiger partial charge in [0, 0.05) is 23.1 Å². The number of aromatic nitrogens is 1. The minimum atomic E-state index is -4.45. The normalized spacial score (nSPS) is 21.0. The molecular weight excluding hydrogens is 396 g/mol. The molecule has 134 valence electrons. The number of nitrogens with zero attached hydrogens (tertiary/aromatic N) is 2. The average Bonchev–Trinajstić information content (AvgIpc) is 2.95. The van der Waals surface area contributed by atoms with Crippen molar-refractivity contribution in [1.29, 1.82) is 0 Å².